The molecule has 0 amide bonds. The van der Waals surface area contributed by atoms with Gasteiger partial charge in [0.05, 0.1) is 6.61 Å². The van der Waals surface area contributed by atoms with Crippen LogP contribution in [0, 0.1) is 13.8 Å². The van der Waals surface area contributed by atoms with Crippen molar-refractivity contribution < 1.29 is 9.84 Å². The van der Waals surface area contributed by atoms with Crippen LogP contribution in [0.3, 0.4) is 0 Å². The van der Waals surface area contributed by atoms with E-state index < -0.39 is 0 Å². The second kappa shape index (κ2) is 7.02. The number of aromatic hydroxyl groups is 1. The van der Waals surface area contributed by atoms with Gasteiger partial charge in [-0.05, 0) is 61.2 Å². The Morgan fingerprint density at radius 3 is 2.67 bits per heavy atom. The fourth-order valence-electron chi connectivity index (χ4n) is 2.15. The molecule has 0 aliphatic heterocycles. The van der Waals surface area contributed by atoms with Crippen LogP contribution in [0.5, 0.6) is 11.5 Å². The van der Waals surface area contributed by atoms with E-state index in [2.05, 4.69) is 24.4 Å². The van der Waals surface area contributed by atoms with E-state index in [4.69, 9.17) is 4.74 Å². The maximum absolute atomic E-state index is 9.68. The monoisotopic (exact) mass is 285 g/mol. The zero-order chi connectivity index (χ0) is 15.2. The zero-order valence-corrected chi connectivity index (χ0v) is 12.9. The first-order valence-electron chi connectivity index (χ1n) is 7.36. The van der Waals surface area contributed by atoms with Gasteiger partial charge in [0.25, 0.3) is 0 Å². The van der Waals surface area contributed by atoms with Gasteiger partial charge in [-0.1, -0.05) is 19.1 Å². The molecule has 3 nitrogen and oxygen atoms in total. The van der Waals surface area contributed by atoms with E-state index in [1.165, 1.54) is 5.56 Å². The molecule has 2 N–H and O–H groups in total. The van der Waals surface area contributed by atoms with Crippen molar-refractivity contribution in [2.24, 2.45) is 0 Å². The van der Waals surface area contributed by atoms with E-state index in [1.807, 2.05) is 32.0 Å². The van der Waals surface area contributed by atoms with Crippen LogP contribution in [0.1, 0.15) is 30.0 Å². The molecule has 0 aromatic heterocycles. The summed E-state index contributed by atoms with van der Waals surface area (Å²) in [6, 6.07) is 11.9. The third kappa shape index (κ3) is 4.15. The molecule has 21 heavy (non-hydrogen) atoms. The van der Waals surface area contributed by atoms with Crippen LogP contribution in [0.15, 0.2) is 36.4 Å². The van der Waals surface area contributed by atoms with Crippen LogP contribution in [0.4, 0.5) is 5.69 Å². The molecule has 0 fully saturated rings. The normalized spacial score (nSPS) is 10.4. The molecule has 0 unspecified atom stereocenters. The van der Waals surface area contributed by atoms with Crippen molar-refractivity contribution in [1.82, 2.24) is 0 Å². The lowest BCUT2D eigenvalue weighted by atomic mass is 10.1. The Morgan fingerprint density at radius 1 is 1.10 bits per heavy atom. The first-order valence-corrected chi connectivity index (χ1v) is 7.36. The molecule has 112 valence electrons. The lowest BCUT2D eigenvalue weighted by Gasteiger charge is -2.12. The van der Waals surface area contributed by atoms with Crippen LogP contribution < -0.4 is 10.1 Å². The van der Waals surface area contributed by atoms with Gasteiger partial charge in [-0.2, -0.15) is 0 Å². The highest BCUT2D eigenvalue weighted by molar-refractivity contribution is 5.56. The molecular formula is C18H23NO2. The Morgan fingerprint density at radius 2 is 1.90 bits per heavy atom. The molecule has 2 aromatic rings. The standard InChI is InChI=1S/C18H23NO2/c1-4-8-21-16-7-5-6-15(11-16)12-19-17-9-14(3)18(20)10-13(17)2/h5-7,9-11,19-20H,4,8,12H2,1-3H3. The minimum Gasteiger partial charge on any atom is -0.508 e. The second-order valence-corrected chi connectivity index (χ2v) is 5.30. The van der Waals surface area contributed by atoms with Crippen LogP contribution in [0.2, 0.25) is 0 Å². The smallest absolute Gasteiger partial charge is 0.119 e. The Balaban J connectivity index is 2.04. The van der Waals surface area contributed by atoms with E-state index in [9.17, 15) is 5.11 Å². The number of benzene rings is 2. The summed E-state index contributed by atoms with van der Waals surface area (Å²) in [7, 11) is 0. The van der Waals surface area contributed by atoms with E-state index in [0.717, 1.165) is 42.1 Å². The van der Waals surface area contributed by atoms with Crippen LogP contribution in [0.25, 0.3) is 0 Å². The molecular weight excluding hydrogens is 262 g/mol. The van der Waals surface area contributed by atoms with E-state index >= 15 is 0 Å². The van der Waals surface area contributed by atoms with Gasteiger partial charge in [-0.15, -0.1) is 0 Å². The number of aryl methyl sites for hydroxylation is 2. The van der Waals surface area contributed by atoms with Crippen LogP contribution in [-0.2, 0) is 6.54 Å². The SMILES string of the molecule is CCCOc1cccc(CNc2cc(C)c(O)cc2C)c1. The number of nitrogens with one attached hydrogen (secondary N) is 1. The van der Waals surface area contributed by atoms with Gasteiger partial charge in [0.1, 0.15) is 11.5 Å². The molecule has 0 saturated carbocycles. The predicted octanol–water partition coefficient (Wildman–Crippen LogP) is 4.41. The highest BCUT2D eigenvalue weighted by Gasteiger charge is 2.04. The van der Waals surface area contributed by atoms with Gasteiger partial charge in [0.15, 0.2) is 0 Å². The quantitative estimate of drug-likeness (QED) is 0.772. The van der Waals surface area contributed by atoms with Crippen LogP contribution >= 0.6 is 0 Å². The summed E-state index contributed by atoms with van der Waals surface area (Å²) in [6.45, 7) is 7.46. The Kier molecular flexibility index (Phi) is 5.09. The minimum absolute atomic E-state index is 0.341. The van der Waals surface area contributed by atoms with Gasteiger partial charge >= 0.3 is 0 Å². The number of hydrogen-bond acceptors (Lipinski definition) is 3. The molecule has 3 heteroatoms. The first-order chi connectivity index (χ1) is 10.1. The number of phenolic OH excluding ortho intramolecular Hbond substituents is 1. The summed E-state index contributed by atoms with van der Waals surface area (Å²) in [5.41, 5.74) is 4.14. The first kappa shape index (κ1) is 15.2. The summed E-state index contributed by atoms with van der Waals surface area (Å²) in [5, 5.41) is 13.1. The fourth-order valence-corrected chi connectivity index (χ4v) is 2.15. The average molecular weight is 285 g/mol. The summed E-state index contributed by atoms with van der Waals surface area (Å²) in [6.07, 6.45) is 1.01. The highest BCUT2D eigenvalue weighted by atomic mass is 16.5. The maximum Gasteiger partial charge on any atom is 0.119 e. The summed E-state index contributed by atoms with van der Waals surface area (Å²) in [5.74, 6) is 1.25. The predicted molar refractivity (Wildman–Crippen MR) is 87.1 cm³/mol. The van der Waals surface area contributed by atoms with E-state index in [0.29, 0.717) is 5.75 Å². The van der Waals surface area contributed by atoms with E-state index in [1.54, 1.807) is 6.07 Å². The van der Waals surface area contributed by atoms with Gasteiger partial charge in [0, 0.05) is 12.2 Å². The topological polar surface area (TPSA) is 41.5 Å². The molecule has 0 aliphatic rings. The van der Waals surface area contributed by atoms with Gasteiger partial charge < -0.3 is 15.2 Å². The minimum atomic E-state index is 0.341. The number of rotatable bonds is 6. The number of hydrogen-bond donors (Lipinski definition) is 2. The molecule has 2 rings (SSSR count). The number of anilines is 1. The van der Waals surface area contributed by atoms with Crippen molar-refractivity contribution in [3.8, 4) is 11.5 Å². The Bertz CT molecular complexity index is 608. The Labute approximate surface area is 126 Å². The van der Waals surface area contributed by atoms with Crippen molar-refractivity contribution in [3.05, 3.63) is 53.1 Å². The van der Waals surface area contributed by atoms with Gasteiger partial charge in [-0.3, -0.25) is 0 Å². The van der Waals surface area contributed by atoms with Crippen molar-refractivity contribution in [2.45, 2.75) is 33.7 Å². The highest BCUT2D eigenvalue weighted by Crippen LogP contribution is 2.25. The molecule has 2 aromatic carbocycles. The largest absolute Gasteiger partial charge is 0.508 e. The van der Waals surface area contributed by atoms with Gasteiger partial charge in [0.2, 0.25) is 0 Å². The third-order valence-electron chi connectivity index (χ3n) is 3.40. The van der Waals surface area contributed by atoms with Crippen molar-refractivity contribution in [2.75, 3.05) is 11.9 Å². The van der Waals surface area contributed by atoms with Crippen LogP contribution in [-0.4, -0.2) is 11.7 Å². The molecule has 0 aliphatic carbocycles. The summed E-state index contributed by atoms with van der Waals surface area (Å²) >= 11 is 0. The van der Waals surface area contributed by atoms with Crippen molar-refractivity contribution >= 4 is 5.69 Å². The fraction of sp³-hybridized carbons (Fsp3) is 0.333. The maximum atomic E-state index is 9.68. The van der Waals surface area contributed by atoms with Gasteiger partial charge in [-0.25, -0.2) is 0 Å². The Hall–Kier alpha value is -2.16. The van der Waals surface area contributed by atoms with Crippen molar-refractivity contribution in [1.29, 1.82) is 0 Å². The summed E-state index contributed by atoms with van der Waals surface area (Å²) < 4.78 is 5.65. The second-order valence-electron chi connectivity index (χ2n) is 5.30. The lowest BCUT2D eigenvalue weighted by molar-refractivity contribution is 0.317. The van der Waals surface area contributed by atoms with Crippen molar-refractivity contribution in [3.63, 3.8) is 0 Å². The molecule has 0 heterocycles. The molecule has 0 radical (unpaired) electrons. The molecule has 0 saturated heterocycles. The number of ether oxygens (including phenoxy) is 1. The molecule has 0 bridgehead atoms. The molecule has 0 spiro atoms. The third-order valence-corrected chi connectivity index (χ3v) is 3.40. The van der Waals surface area contributed by atoms with E-state index in [-0.39, 0.29) is 0 Å². The number of phenols is 1. The average Bonchev–Trinajstić information content (AvgIpc) is 2.48. The molecule has 0 atom stereocenters. The zero-order valence-electron chi connectivity index (χ0n) is 12.9. The summed E-state index contributed by atoms with van der Waals surface area (Å²) in [4.78, 5) is 0. The lowest BCUT2D eigenvalue weighted by Crippen LogP contribution is -2.02.